The van der Waals surface area contributed by atoms with Crippen LogP contribution in [0.15, 0.2) is 30.5 Å². The highest BCUT2D eigenvalue weighted by Crippen LogP contribution is 2.36. The lowest BCUT2D eigenvalue weighted by Crippen LogP contribution is -2.34. The first-order valence-electron chi connectivity index (χ1n) is 8.60. The van der Waals surface area contributed by atoms with Gasteiger partial charge in [-0.25, -0.2) is 4.68 Å². The van der Waals surface area contributed by atoms with Gasteiger partial charge < -0.3 is 5.11 Å². The van der Waals surface area contributed by atoms with Gasteiger partial charge in [-0.15, -0.1) is 16.4 Å². The van der Waals surface area contributed by atoms with E-state index in [1.807, 2.05) is 16.9 Å². The fraction of sp³-hybridized carbons (Fsp3) is 0.444. The summed E-state index contributed by atoms with van der Waals surface area (Å²) < 4.78 is 3.16. The number of nitrogens with zero attached hydrogens (tertiary/aromatic N) is 4. The number of rotatable bonds is 4. The molecule has 132 valence electrons. The Morgan fingerprint density at radius 3 is 2.76 bits per heavy atom. The summed E-state index contributed by atoms with van der Waals surface area (Å²) in [7, 11) is 0. The van der Waals surface area contributed by atoms with E-state index in [1.165, 1.54) is 9.58 Å². The lowest BCUT2D eigenvalue weighted by atomic mass is 10.1. The maximum absolute atomic E-state index is 9.59. The number of halogens is 1. The Hall–Kier alpha value is -1.47. The van der Waals surface area contributed by atoms with Gasteiger partial charge in [0.2, 0.25) is 0 Å². The molecule has 3 heterocycles. The Bertz CT molecular complexity index is 867. The Balaban J connectivity index is 1.40. The molecule has 1 aliphatic rings. The molecule has 1 saturated heterocycles. The number of hydrogen-bond acceptors (Lipinski definition) is 5. The van der Waals surface area contributed by atoms with Crippen LogP contribution in [0.1, 0.15) is 42.5 Å². The Morgan fingerprint density at radius 2 is 2.08 bits per heavy atom. The quantitative estimate of drug-likeness (QED) is 0.746. The van der Waals surface area contributed by atoms with E-state index in [0.717, 1.165) is 42.9 Å². The maximum Gasteiger partial charge on any atom is 0.111 e. The molecule has 0 saturated carbocycles. The van der Waals surface area contributed by atoms with Crippen LogP contribution >= 0.6 is 22.9 Å². The molecule has 1 unspecified atom stereocenters. The Morgan fingerprint density at radius 1 is 1.32 bits per heavy atom. The molecule has 0 spiro atoms. The molecule has 2 aromatic heterocycles. The molecule has 0 bridgehead atoms. The minimum absolute atomic E-state index is 0.356. The van der Waals surface area contributed by atoms with Crippen LogP contribution in [0, 0.1) is 0 Å². The van der Waals surface area contributed by atoms with Crippen LogP contribution in [0.5, 0.6) is 0 Å². The SMILES string of the molecule is CC(O)c1cn(C2CCN(Cc3sc4ccccc4c3Cl)CC2)nn1. The van der Waals surface area contributed by atoms with Crippen molar-refractivity contribution < 1.29 is 5.11 Å². The number of aliphatic hydroxyl groups is 1. The lowest BCUT2D eigenvalue weighted by molar-refractivity contribution is 0.173. The van der Waals surface area contributed by atoms with Gasteiger partial charge in [-0.1, -0.05) is 35.0 Å². The van der Waals surface area contributed by atoms with Crippen LogP contribution in [0.4, 0.5) is 0 Å². The minimum atomic E-state index is -0.566. The zero-order valence-electron chi connectivity index (χ0n) is 14.1. The summed E-state index contributed by atoms with van der Waals surface area (Å²) in [6.07, 6.45) is 3.37. The summed E-state index contributed by atoms with van der Waals surface area (Å²) in [4.78, 5) is 3.71. The van der Waals surface area contributed by atoms with E-state index in [0.29, 0.717) is 11.7 Å². The molecule has 25 heavy (non-hydrogen) atoms. The van der Waals surface area contributed by atoms with Crippen molar-refractivity contribution in [1.29, 1.82) is 0 Å². The number of fused-ring (bicyclic) bond motifs is 1. The van der Waals surface area contributed by atoms with Crippen molar-refractivity contribution in [2.24, 2.45) is 0 Å². The van der Waals surface area contributed by atoms with E-state index < -0.39 is 6.10 Å². The van der Waals surface area contributed by atoms with Crippen molar-refractivity contribution >= 4 is 33.0 Å². The number of hydrogen-bond donors (Lipinski definition) is 1. The second-order valence-electron chi connectivity index (χ2n) is 6.64. The molecule has 0 amide bonds. The second-order valence-corrected chi connectivity index (χ2v) is 8.16. The predicted molar refractivity (Wildman–Crippen MR) is 101 cm³/mol. The molecule has 1 aromatic carbocycles. The van der Waals surface area contributed by atoms with Gasteiger partial charge in [0.1, 0.15) is 5.69 Å². The summed E-state index contributed by atoms with van der Waals surface area (Å²) in [6.45, 7) is 4.64. The second kappa shape index (κ2) is 7.03. The van der Waals surface area contributed by atoms with Crippen molar-refractivity contribution in [1.82, 2.24) is 19.9 Å². The third-order valence-corrected chi connectivity index (χ3v) is 6.56. The first-order valence-corrected chi connectivity index (χ1v) is 9.79. The molecule has 0 aliphatic carbocycles. The van der Waals surface area contributed by atoms with Gasteiger partial charge in [-0.3, -0.25) is 4.90 Å². The van der Waals surface area contributed by atoms with Crippen LogP contribution in [-0.2, 0) is 6.54 Å². The smallest absolute Gasteiger partial charge is 0.111 e. The topological polar surface area (TPSA) is 54.2 Å². The standard InChI is InChI=1S/C18H21ClN4OS/c1-12(24)15-10-23(21-20-15)13-6-8-22(9-7-13)11-17-18(19)14-4-2-3-5-16(14)25-17/h2-5,10,12-13,24H,6-9,11H2,1H3. The molecule has 7 heteroatoms. The van der Waals surface area contributed by atoms with E-state index in [9.17, 15) is 5.11 Å². The van der Waals surface area contributed by atoms with Gasteiger partial charge >= 0.3 is 0 Å². The molecule has 1 fully saturated rings. The first-order chi connectivity index (χ1) is 12.1. The van der Waals surface area contributed by atoms with Crippen molar-refractivity contribution in [2.45, 2.75) is 38.5 Å². The lowest BCUT2D eigenvalue weighted by Gasteiger charge is -2.31. The van der Waals surface area contributed by atoms with Gasteiger partial charge in [0.15, 0.2) is 0 Å². The fourth-order valence-electron chi connectivity index (χ4n) is 3.37. The van der Waals surface area contributed by atoms with E-state index in [4.69, 9.17) is 11.6 Å². The van der Waals surface area contributed by atoms with Crippen molar-refractivity contribution in [3.05, 3.63) is 46.1 Å². The van der Waals surface area contributed by atoms with E-state index >= 15 is 0 Å². The monoisotopic (exact) mass is 376 g/mol. The van der Waals surface area contributed by atoms with E-state index in [-0.39, 0.29) is 0 Å². The normalized spacial score (nSPS) is 18.0. The first kappa shape index (κ1) is 17.0. The Kier molecular flexibility index (Phi) is 4.78. The van der Waals surface area contributed by atoms with Crippen molar-refractivity contribution in [3.8, 4) is 0 Å². The largest absolute Gasteiger partial charge is 0.387 e. The van der Waals surface area contributed by atoms with Crippen molar-refractivity contribution in [3.63, 3.8) is 0 Å². The summed E-state index contributed by atoms with van der Waals surface area (Å²) in [6, 6.07) is 8.68. The van der Waals surface area contributed by atoms with Crippen molar-refractivity contribution in [2.75, 3.05) is 13.1 Å². The van der Waals surface area contributed by atoms with Gasteiger partial charge in [-0.05, 0) is 25.8 Å². The zero-order chi connectivity index (χ0) is 17.4. The third kappa shape index (κ3) is 3.44. The number of thiophene rings is 1. The van der Waals surface area contributed by atoms with Gasteiger partial charge in [0.25, 0.3) is 0 Å². The van der Waals surface area contributed by atoms with Gasteiger partial charge in [-0.2, -0.15) is 0 Å². The molecule has 0 radical (unpaired) electrons. The summed E-state index contributed by atoms with van der Waals surface area (Å²) in [5.41, 5.74) is 0.638. The zero-order valence-corrected chi connectivity index (χ0v) is 15.7. The van der Waals surface area contributed by atoms with Gasteiger partial charge in [0.05, 0.1) is 23.4 Å². The maximum atomic E-state index is 9.59. The molecule has 4 rings (SSSR count). The van der Waals surface area contributed by atoms with Crippen LogP contribution in [0.3, 0.4) is 0 Å². The Labute approximate surface area is 155 Å². The number of likely N-dealkylation sites (tertiary alicyclic amines) is 1. The highest BCUT2D eigenvalue weighted by Gasteiger charge is 2.23. The molecule has 1 aliphatic heterocycles. The highest BCUT2D eigenvalue weighted by atomic mass is 35.5. The third-order valence-electron chi connectivity index (χ3n) is 4.86. The van der Waals surface area contributed by atoms with Crippen LogP contribution in [0.2, 0.25) is 5.02 Å². The molecule has 1 N–H and O–H groups in total. The molecule has 3 aromatic rings. The molecular weight excluding hydrogens is 356 g/mol. The summed E-state index contributed by atoms with van der Waals surface area (Å²) in [5.74, 6) is 0. The number of piperidine rings is 1. The average Bonchev–Trinajstić information content (AvgIpc) is 3.22. The number of aromatic nitrogens is 3. The van der Waals surface area contributed by atoms with Crippen LogP contribution in [0.25, 0.3) is 10.1 Å². The predicted octanol–water partition coefficient (Wildman–Crippen LogP) is 4.04. The minimum Gasteiger partial charge on any atom is -0.387 e. The number of aliphatic hydroxyl groups excluding tert-OH is 1. The van der Waals surface area contributed by atoms with Crippen LogP contribution in [-0.4, -0.2) is 38.1 Å². The fourth-order valence-corrected chi connectivity index (χ4v) is 4.91. The highest BCUT2D eigenvalue weighted by molar-refractivity contribution is 7.19. The average molecular weight is 377 g/mol. The summed E-state index contributed by atoms with van der Waals surface area (Å²) in [5, 5.41) is 19.9. The number of benzene rings is 1. The van der Waals surface area contributed by atoms with Gasteiger partial charge in [0, 0.05) is 34.6 Å². The molecular formula is C18H21ClN4OS. The van der Waals surface area contributed by atoms with Crippen LogP contribution < -0.4 is 0 Å². The van der Waals surface area contributed by atoms with E-state index in [2.05, 4.69) is 33.4 Å². The molecule has 5 nitrogen and oxygen atoms in total. The van der Waals surface area contributed by atoms with E-state index in [1.54, 1.807) is 18.3 Å². The summed E-state index contributed by atoms with van der Waals surface area (Å²) >= 11 is 8.36. The molecule has 1 atom stereocenters.